The molecular weight excluding hydrogens is 314 g/mol. The van der Waals surface area contributed by atoms with Gasteiger partial charge in [0.25, 0.3) is 0 Å². The fraction of sp³-hybridized carbons (Fsp3) is 0.765. The Kier molecular flexibility index (Phi) is 11.3. The second-order valence-corrected chi connectivity index (χ2v) is 6.89. The van der Waals surface area contributed by atoms with Gasteiger partial charge in [0.2, 0.25) is 0 Å². The summed E-state index contributed by atoms with van der Waals surface area (Å²) in [5, 5.41) is 28.7. The molecule has 0 heterocycles. The lowest BCUT2D eigenvalue weighted by molar-refractivity contribution is -0.134. The molecule has 1 atom stereocenters. The first-order chi connectivity index (χ1) is 11.1. The predicted octanol–water partition coefficient (Wildman–Crippen LogP) is 1.80. The van der Waals surface area contributed by atoms with E-state index in [2.05, 4.69) is 26.1 Å². The second-order valence-electron chi connectivity index (χ2n) is 6.89. The van der Waals surface area contributed by atoms with Crippen molar-refractivity contribution in [2.45, 2.75) is 70.6 Å². The van der Waals surface area contributed by atoms with Crippen LogP contribution in [-0.4, -0.2) is 58.2 Å². The zero-order valence-corrected chi connectivity index (χ0v) is 14.8. The summed E-state index contributed by atoms with van der Waals surface area (Å²) in [6.07, 6.45) is 7.35. The van der Waals surface area contributed by atoms with E-state index in [9.17, 15) is 14.7 Å². The van der Waals surface area contributed by atoms with Crippen molar-refractivity contribution < 1.29 is 29.6 Å². The van der Waals surface area contributed by atoms with Crippen molar-refractivity contribution in [2.24, 2.45) is 0 Å². The van der Waals surface area contributed by atoms with E-state index < -0.39 is 11.9 Å². The Labute approximate surface area is 143 Å². The van der Waals surface area contributed by atoms with Crippen LogP contribution in [0.15, 0.2) is 12.2 Å². The molecule has 0 amide bonds. The third-order valence-corrected chi connectivity index (χ3v) is 3.31. The van der Waals surface area contributed by atoms with Gasteiger partial charge in [-0.05, 0) is 33.6 Å². The van der Waals surface area contributed by atoms with Gasteiger partial charge >= 0.3 is 11.9 Å². The van der Waals surface area contributed by atoms with Crippen LogP contribution in [-0.2, 0) is 14.3 Å². The Morgan fingerprint density at radius 3 is 2.04 bits per heavy atom. The quantitative estimate of drug-likeness (QED) is 0.520. The molecular formula is C17H31NO6. The van der Waals surface area contributed by atoms with Crippen LogP contribution < -0.4 is 5.32 Å². The summed E-state index contributed by atoms with van der Waals surface area (Å²) in [5.74, 6) is -2.51. The molecule has 140 valence electrons. The van der Waals surface area contributed by atoms with Crippen molar-refractivity contribution in [1.82, 2.24) is 5.32 Å². The molecule has 0 aliphatic heterocycles. The Morgan fingerprint density at radius 1 is 1.12 bits per heavy atom. The van der Waals surface area contributed by atoms with E-state index in [0.29, 0.717) is 31.4 Å². The number of aliphatic hydroxyl groups is 1. The predicted molar refractivity (Wildman–Crippen MR) is 91.0 cm³/mol. The van der Waals surface area contributed by atoms with E-state index >= 15 is 0 Å². The van der Waals surface area contributed by atoms with E-state index in [1.807, 2.05) is 0 Å². The lowest BCUT2D eigenvalue weighted by Crippen LogP contribution is -2.42. The van der Waals surface area contributed by atoms with Gasteiger partial charge in [-0.25, -0.2) is 9.59 Å². The van der Waals surface area contributed by atoms with E-state index in [0.717, 1.165) is 0 Å². The molecule has 0 radical (unpaired) electrons. The smallest absolute Gasteiger partial charge is 0.328 e. The summed E-state index contributed by atoms with van der Waals surface area (Å²) in [5.41, 5.74) is 0.0613. The van der Waals surface area contributed by atoms with E-state index in [1.165, 1.54) is 32.1 Å². The zero-order chi connectivity index (χ0) is 18.6. The lowest BCUT2D eigenvalue weighted by Gasteiger charge is -2.26. The van der Waals surface area contributed by atoms with Crippen LogP contribution in [0.3, 0.4) is 0 Å². The lowest BCUT2D eigenvalue weighted by atomic mass is 9.98. The first-order valence-electron chi connectivity index (χ1n) is 8.29. The highest BCUT2D eigenvalue weighted by Gasteiger charge is 2.16. The van der Waals surface area contributed by atoms with Crippen molar-refractivity contribution in [3.05, 3.63) is 12.2 Å². The van der Waals surface area contributed by atoms with Crippen LogP contribution in [0.1, 0.15) is 52.9 Å². The second kappa shape index (κ2) is 12.0. The average molecular weight is 345 g/mol. The van der Waals surface area contributed by atoms with Gasteiger partial charge < -0.3 is 25.4 Å². The maximum Gasteiger partial charge on any atom is 0.328 e. The highest BCUT2D eigenvalue weighted by Crippen LogP contribution is 2.20. The van der Waals surface area contributed by atoms with Crippen molar-refractivity contribution in [1.29, 1.82) is 0 Å². The molecule has 0 aromatic heterocycles. The molecule has 7 heteroatoms. The molecule has 1 saturated carbocycles. The van der Waals surface area contributed by atoms with Gasteiger partial charge in [0.15, 0.2) is 0 Å². The van der Waals surface area contributed by atoms with Crippen molar-refractivity contribution in [2.75, 3.05) is 13.2 Å². The molecule has 1 unspecified atom stereocenters. The molecule has 4 N–H and O–H groups in total. The molecule has 1 aliphatic carbocycles. The van der Waals surface area contributed by atoms with E-state index in [4.69, 9.17) is 14.9 Å². The van der Waals surface area contributed by atoms with Crippen molar-refractivity contribution in [3.8, 4) is 0 Å². The van der Waals surface area contributed by atoms with Crippen LogP contribution in [0.5, 0.6) is 0 Å². The van der Waals surface area contributed by atoms with Crippen molar-refractivity contribution >= 4 is 11.9 Å². The Morgan fingerprint density at radius 2 is 1.62 bits per heavy atom. The number of ether oxygens (including phenoxy) is 1. The van der Waals surface area contributed by atoms with E-state index in [-0.39, 0.29) is 11.6 Å². The normalized spacial score (nSPS) is 17.2. The number of rotatable bonds is 7. The largest absolute Gasteiger partial charge is 0.478 e. The summed E-state index contributed by atoms with van der Waals surface area (Å²) in [6.45, 7) is 7.37. The number of carboxylic acids is 2. The summed E-state index contributed by atoms with van der Waals surface area (Å²) < 4.78 is 5.72. The minimum Gasteiger partial charge on any atom is -0.478 e. The molecule has 0 spiro atoms. The number of aliphatic hydroxyl groups excluding tert-OH is 1. The minimum atomic E-state index is -1.26. The molecule has 0 aromatic carbocycles. The maximum atomic E-state index is 9.76. The SMILES string of the molecule is CC(C)(C)NCC(O)COC1CCCCC1.O=C(O)/C=C\C(=O)O. The first-order valence-corrected chi connectivity index (χ1v) is 8.29. The summed E-state index contributed by atoms with van der Waals surface area (Å²) >= 11 is 0. The van der Waals surface area contributed by atoms with Crippen LogP contribution >= 0.6 is 0 Å². The third kappa shape index (κ3) is 15.5. The fourth-order valence-electron chi connectivity index (χ4n) is 2.10. The van der Waals surface area contributed by atoms with Gasteiger partial charge in [0, 0.05) is 24.2 Å². The maximum absolute atomic E-state index is 9.76. The molecule has 1 fully saturated rings. The summed E-state index contributed by atoms with van der Waals surface area (Å²) in [6, 6.07) is 0. The van der Waals surface area contributed by atoms with Gasteiger partial charge in [0.05, 0.1) is 18.8 Å². The Bertz CT molecular complexity index is 380. The van der Waals surface area contributed by atoms with Gasteiger partial charge in [0.1, 0.15) is 0 Å². The zero-order valence-electron chi connectivity index (χ0n) is 14.8. The highest BCUT2D eigenvalue weighted by atomic mass is 16.5. The third-order valence-electron chi connectivity index (χ3n) is 3.31. The van der Waals surface area contributed by atoms with Crippen LogP contribution in [0, 0.1) is 0 Å². The van der Waals surface area contributed by atoms with Gasteiger partial charge in [-0.1, -0.05) is 19.3 Å². The molecule has 24 heavy (non-hydrogen) atoms. The monoisotopic (exact) mass is 345 g/mol. The number of carboxylic acid groups (broad SMARTS) is 2. The van der Waals surface area contributed by atoms with Crippen LogP contribution in [0.2, 0.25) is 0 Å². The average Bonchev–Trinajstić information content (AvgIpc) is 2.50. The standard InChI is InChI=1S/C13H27NO2.C4H4O4/c1-13(2,3)14-9-11(15)10-16-12-7-5-4-6-8-12;5-3(6)1-2-4(7)8/h11-12,14-15H,4-10H2,1-3H3;1-2H,(H,5,6)(H,7,8)/b;2-1-. The topological polar surface area (TPSA) is 116 Å². The summed E-state index contributed by atoms with van der Waals surface area (Å²) in [4.78, 5) is 19.1. The minimum absolute atomic E-state index is 0.0613. The number of nitrogens with one attached hydrogen (secondary N) is 1. The molecule has 7 nitrogen and oxygen atoms in total. The molecule has 0 aromatic rings. The number of β-amino-alcohol motifs (C(OH)–C–C–N with tert-alkyl or cyclic N) is 1. The van der Waals surface area contributed by atoms with Gasteiger partial charge in [-0.2, -0.15) is 0 Å². The number of carbonyl (C=O) groups is 2. The number of aliphatic carboxylic acids is 2. The van der Waals surface area contributed by atoms with Crippen molar-refractivity contribution in [3.63, 3.8) is 0 Å². The van der Waals surface area contributed by atoms with Gasteiger partial charge in [-0.3, -0.25) is 0 Å². The molecule has 0 bridgehead atoms. The molecule has 1 rings (SSSR count). The fourth-order valence-corrected chi connectivity index (χ4v) is 2.10. The van der Waals surface area contributed by atoms with Crippen LogP contribution in [0.4, 0.5) is 0 Å². The van der Waals surface area contributed by atoms with Crippen LogP contribution in [0.25, 0.3) is 0 Å². The highest BCUT2D eigenvalue weighted by molar-refractivity contribution is 5.89. The van der Waals surface area contributed by atoms with E-state index in [1.54, 1.807) is 0 Å². The Hall–Kier alpha value is -1.44. The molecule has 0 saturated heterocycles. The Balaban J connectivity index is 0.000000561. The van der Waals surface area contributed by atoms with Gasteiger partial charge in [-0.15, -0.1) is 0 Å². The number of hydrogen-bond donors (Lipinski definition) is 4. The molecule has 1 aliphatic rings. The summed E-state index contributed by atoms with van der Waals surface area (Å²) in [7, 11) is 0. The first kappa shape index (κ1) is 22.6. The number of hydrogen-bond acceptors (Lipinski definition) is 5.